The molecule has 0 N–H and O–H groups in total. The number of nitriles is 1. The Morgan fingerprint density at radius 3 is 2.50 bits per heavy atom. The summed E-state index contributed by atoms with van der Waals surface area (Å²) in [6.07, 6.45) is -1.71. The van der Waals surface area contributed by atoms with E-state index in [-0.39, 0.29) is 6.61 Å². The van der Waals surface area contributed by atoms with Crippen molar-refractivity contribution in [2.24, 2.45) is 7.05 Å². The van der Waals surface area contributed by atoms with Crippen molar-refractivity contribution in [3.63, 3.8) is 0 Å². The molecule has 0 amide bonds. The quantitative estimate of drug-likeness (QED) is 0.325. The van der Waals surface area contributed by atoms with Crippen LogP contribution in [0.2, 0.25) is 0 Å². The standard InChI is InChI=1S/C27H22F3N3O/c1-18-6-3-4-9-23(18)24-13-20(10-11-21(24)14-31)26(25-15-32-17-33(25)2)34-16-19-7-5-8-22(12-19)27(28,29)30/h3-13,15,17,26H,16H2,1-2H3. The van der Waals surface area contributed by atoms with Gasteiger partial charge in [0.1, 0.15) is 6.10 Å². The van der Waals surface area contributed by atoms with Crippen LogP contribution in [0.4, 0.5) is 13.2 Å². The summed E-state index contributed by atoms with van der Waals surface area (Å²) in [4.78, 5) is 4.18. The first kappa shape index (κ1) is 23.3. The van der Waals surface area contributed by atoms with E-state index in [2.05, 4.69) is 11.1 Å². The number of rotatable bonds is 6. The number of aromatic nitrogens is 2. The highest BCUT2D eigenvalue weighted by atomic mass is 19.4. The molecule has 0 fully saturated rings. The fourth-order valence-electron chi connectivity index (χ4n) is 3.91. The number of hydrogen-bond donors (Lipinski definition) is 0. The molecule has 172 valence electrons. The SMILES string of the molecule is Cc1ccccc1-c1cc(C(OCc2cccc(C(F)(F)F)c2)c2cncn2C)ccc1C#N. The van der Waals surface area contributed by atoms with Crippen molar-refractivity contribution in [3.8, 4) is 17.2 Å². The predicted molar refractivity (Wildman–Crippen MR) is 123 cm³/mol. The minimum atomic E-state index is -4.42. The molecule has 0 radical (unpaired) electrons. The zero-order valence-corrected chi connectivity index (χ0v) is 18.7. The molecule has 1 aromatic heterocycles. The molecule has 1 heterocycles. The number of alkyl halides is 3. The molecule has 1 atom stereocenters. The maximum absolute atomic E-state index is 13.1. The molecular formula is C27H22F3N3O. The lowest BCUT2D eigenvalue weighted by molar-refractivity contribution is -0.137. The highest BCUT2D eigenvalue weighted by Crippen LogP contribution is 2.34. The molecule has 4 rings (SSSR count). The maximum Gasteiger partial charge on any atom is 0.416 e. The average Bonchev–Trinajstić information content (AvgIpc) is 3.24. The minimum absolute atomic E-state index is 0.0283. The molecule has 0 aliphatic heterocycles. The predicted octanol–water partition coefficient (Wildman–Crippen LogP) is 6.59. The van der Waals surface area contributed by atoms with Gasteiger partial charge >= 0.3 is 6.18 Å². The van der Waals surface area contributed by atoms with Gasteiger partial charge in [-0.25, -0.2) is 4.98 Å². The average molecular weight is 461 g/mol. The van der Waals surface area contributed by atoms with E-state index in [9.17, 15) is 18.4 Å². The molecule has 0 aliphatic rings. The summed E-state index contributed by atoms with van der Waals surface area (Å²) in [6, 6.07) is 20.6. The lowest BCUT2D eigenvalue weighted by Crippen LogP contribution is -2.11. The Hall–Kier alpha value is -3.89. The summed E-state index contributed by atoms with van der Waals surface area (Å²) >= 11 is 0. The van der Waals surface area contributed by atoms with Gasteiger partial charge in [-0.15, -0.1) is 0 Å². The van der Waals surface area contributed by atoms with Gasteiger partial charge in [0.25, 0.3) is 0 Å². The van der Waals surface area contributed by atoms with E-state index in [4.69, 9.17) is 4.74 Å². The van der Waals surface area contributed by atoms with Crippen LogP contribution >= 0.6 is 0 Å². The summed E-state index contributed by atoms with van der Waals surface area (Å²) in [6.45, 7) is 1.95. The molecule has 4 aromatic rings. The molecular weight excluding hydrogens is 439 g/mol. The van der Waals surface area contributed by atoms with Gasteiger partial charge in [0.05, 0.1) is 42.0 Å². The van der Waals surface area contributed by atoms with E-state index in [0.29, 0.717) is 11.1 Å². The second kappa shape index (κ2) is 9.54. The fraction of sp³-hybridized carbons (Fsp3) is 0.185. The van der Waals surface area contributed by atoms with Crippen LogP contribution in [0.1, 0.15) is 39.6 Å². The molecule has 0 saturated carbocycles. The van der Waals surface area contributed by atoms with Gasteiger partial charge in [0.2, 0.25) is 0 Å². The van der Waals surface area contributed by atoms with Crippen molar-refractivity contribution >= 4 is 0 Å². The zero-order chi connectivity index (χ0) is 24.3. The summed E-state index contributed by atoms with van der Waals surface area (Å²) in [5.41, 5.74) is 4.47. The fourth-order valence-corrected chi connectivity index (χ4v) is 3.91. The van der Waals surface area contributed by atoms with Gasteiger partial charge in [0.15, 0.2) is 0 Å². The highest BCUT2D eigenvalue weighted by molar-refractivity contribution is 5.74. The summed E-state index contributed by atoms with van der Waals surface area (Å²) in [5, 5.41) is 9.68. The van der Waals surface area contributed by atoms with Crippen LogP contribution in [0.5, 0.6) is 0 Å². The number of ether oxygens (including phenoxy) is 1. The largest absolute Gasteiger partial charge is 0.416 e. The normalized spacial score (nSPS) is 12.4. The number of imidazole rings is 1. The number of halogens is 3. The Morgan fingerprint density at radius 1 is 1.03 bits per heavy atom. The van der Waals surface area contributed by atoms with E-state index in [0.717, 1.165) is 40.1 Å². The number of nitrogens with zero attached hydrogens (tertiary/aromatic N) is 3. The van der Waals surface area contributed by atoms with Gasteiger partial charge in [-0.2, -0.15) is 18.4 Å². The maximum atomic E-state index is 13.1. The van der Waals surface area contributed by atoms with E-state index in [1.165, 1.54) is 6.07 Å². The summed E-state index contributed by atoms with van der Waals surface area (Å²) in [7, 11) is 1.83. The molecule has 0 bridgehead atoms. The van der Waals surface area contributed by atoms with Crippen LogP contribution in [0.3, 0.4) is 0 Å². The van der Waals surface area contributed by atoms with E-state index >= 15 is 0 Å². The van der Waals surface area contributed by atoms with E-state index in [1.807, 2.05) is 54.9 Å². The van der Waals surface area contributed by atoms with Crippen molar-refractivity contribution in [2.75, 3.05) is 0 Å². The van der Waals surface area contributed by atoms with E-state index < -0.39 is 17.8 Å². The van der Waals surface area contributed by atoms with Crippen LogP contribution in [-0.2, 0) is 24.6 Å². The van der Waals surface area contributed by atoms with Crippen molar-refractivity contribution in [3.05, 3.63) is 113 Å². The smallest absolute Gasteiger partial charge is 0.363 e. The topological polar surface area (TPSA) is 50.8 Å². The van der Waals surface area contributed by atoms with Gasteiger partial charge in [-0.1, -0.05) is 42.5 Å². The summed E-state index contributed by atoms with van der Waals surface area (Å²) < 4.78 is 47.4. The third kappa shape index (κ3) is 4.87. The van der Waals surface area contributed by atoms with Crippen LogP contribution in [0.25, 0.3) is 11.1 Å². The number of hydrogen-bond acceptors (Lipinski definition) is 3. The zero-order valence-electron chi connectivity index (χ0n) is 18.7. The minimum Gasteiger partial charge on any atom is -0.363 e. The lowest BCUT2D eigenvalue weighted by atomic mass is 9.93. The molecule has 0 saturated heterocycles. The number of aryl methyl sites for hydroxylation is 2. The Morgan fingerprint density at radius 2 is 1.82 bits per heavy atom. The molecule has 4 nitrogen and oxygen atoms in total. The monoisotopic (exact) mass is 461 g/mol. The van der Waals surface area contributed by atoms with Crippen LogP contribution in [0.15, 0.2) is 79.3 Å². The van der Waals surface area contributed by atoms with Crippen molar-refractivity contribution in [1.82, 2.24) is 9.55 Å². The van der Waals surface area contributed by atoms with E-state index in [1.54, 1.807) is 24.7 Å². The molecule has 34 heavy (non-hydrogen) atoms. The third-order valence-electron chi connectivity index (χ3n) is 5.70. The van der Waals surface area contributed by atoms with Gasteiger partial charge in [0, 0.05) is 12.6 Å². The molecule has 0 aliphatic carbocycles. The first-order chi connectivity index (χ1) is 16.3. The molecule has 0 spiro atoms. The van der Waals surface area contributed by atoms with Gasteiger partial charge in [-0.3, -0.25) is 0 Å². The third-order valence-corrected chi connectivity index (χ3v) is 5.70. The Kier molecular flexibility index (Phi) is 6.53. The number of benzene rings is 3. The van der Waals surface area contributed by atoms with Crippen LogP contribution < -0.4 is 0 Å². The summed E-state index contributed by atoms with van der Waals surface area (Å²) in [5.74, 6) is 0. The van der Waals surface area contributed by atoms with Crippen molar-refractivity contribution < 1.29 is 17.9 Å². The second-order valence-corrected chi connectivity index (χ2v) is 8.05. The first-order valence-corrected chi connectivity index (χ1v) is 10.6. The Labute approximate surface area is 195 Å². The second-order valence-electron chi connectivity index (χ2n) is 8.05. The van der Waals surface area contributed by atoms with Crippen LogP contribution in [0, 0.1) is 18.3 Å². The van der Waals surface area contributed by atoms with Gasteiger partial charge in [-0.05, 0) is 53.4 Å². The van der Waals surface area contributed by atoms with Gasteiger partial charge < -0.3 is 9.30 Å². The Bertz CT molecular complexity index is 1350. The first-order valence-electron chi connectivity index (χ1n) is 10.6. The lowest BCUT2D eigenvalue weighted by Gasteiger charge is -2.21. The van der Waals surface area contributed by atoms with Crippen LogP contribution in [-0.4, -0.2) is 9.55 Å². The molecule has 7 heteroatoms. The van der Waals surface area contributed by atoms with Crippen molar-refractivity contribution in [2.45, 2.75) is 25.8 Å². The Balaban J connectivity index is 1.73. The highest BCUT2D eigenvalue weighted by Gasteiger charge is 2.30. The van der Waals surface area contributed by atoms with Crippen molar-refractivity contribution in [1.29, 1.82) is 5.26 Å². The molecule has 1 unspecified atom stereocenters. The molecule has 3 aromatic carbocycles.